The Hall–Kier alpha value is -2.77. The van der Waals surface area contributed by atoms with Crippen molar-refractivity contribution >= 4 is 32.3 Å². The van der Waals surface area contributed by atoms with Gasteiger partial charge in [-0.3, -0.25) is 9.69 Å². The first-order chi connectivity index (χ1) is 15.3. The van der Waals surface area contributed by atoms with Crippen LogP contribution in [0, 0.1) is 0 Å². The molecule has 0 unspecified atom stereocenters. The summed E-state index contributed by atoms with van der Waals surface area (Å²) in [6, 6.07) is 16.1. The van der Waals surface area contributed by atoms with Crippen molar-refractivity contribution in [3.05, 3.63) is 65.9 Å². The zero-order valence-corrected chi connectivity index (χ0v) is 18.8. The van der Waals surface area contributed by atoms with Gasteiger partial charge in [0, 0.05) is 42.5 Å². The zero-order chi connectivity index (χ0) is 22.5. The van der Waals surface area contributed by atoms with E-state index in [-0.39, 0.29) is 48.3 Å². The molecule has 2 atom stereocenters. The molecule has 0 radical (unpaired) electrons. The Balaban J connectivity index is 1.58. The number of benzene rings is 2. The lowest BCUT2D eigenvalue weighted by atomic mass is 9.82. The third-order valence-electron chi connectivity index (χ3n) is 7.06. The number of carbonyl (C=O) groups excluding carboxylic acids is 2. The van der Waals surface area contributed by atoms with Crippen LogP contribution in [0.5, 0.6) is 0 Å². The van der Waals surface area contributed by atoms with Crippen molar-refractivity contribution in [1.29, 1.82) is 0 Å². The second-order valence-corrected chi connectivity index (χ2v) is 11.2. The van der Waals surface area contributed by atoms with Gasteiger partial charge in [0.1, 0.15) is 10.5 Å². The molecule has 0 amide bonds. The molecule has 32 heavy (non-hydrogen) atoms. The summed E-state index contributed by atoms with van der Waals surface area (Å²) in [6.45, 7) is 2.23. The van der Waals surface area contributed by atoms with Gasteiger partial charge in [0.25, 0.3) is 0 Å². The van der Waals surface area contributed by atoms with E-state index in [0.29, 0.717) is 6.54 Å². The fourth-order valence-corrected chi connectivity index (χ4v) is 7.41. The SMILES string of the molecule is CC(=O)CC[C@]1(S(=O)(=O)c2ccccc2)CN2CCc3c([nH]c4ccccc34)[C@@H]2CC1=O. The van der Waals surface area contributed by atoms with Crippen molar-refractivity contribution in [2.45, 2.75) is 48.3 Å². The van der Waals surface area contributed by atoms with E-state index in [1.54, 1.807) is 18.2 Å². The predicted molar refractivity (Wildman–Crippen MR) is 122 cm³/mol. The van der Waals surface area contributed by atoms with E-state index in [0.717, 1.165) is 17.6 Å². The van der Waals surface area contributed by atoms with Crippen molar-refractivity contribution in [2.24, 2.45) is 0 Å². The van der Waals surface area contributed by atoms with Gasteiger partial charge in [0.15, 0.2) is 15.6 Å². The van der Waals surface area contributed by atoms with Crippen LogP contribution in [0.3, 0.4) is 0 Å². The Bertz CT molecular complexity index is 1310. The van der Waals surface area contributed by atoms with Gasteiger partial charge in [0.2, 0.25) is 0 Å². The molecule has 0 bridgehead atoms. The van der Waals surface area contributed by atoms with E-state index in [1.165, 1.54) is 30.0 Å². The molecule has 3 heterocycles. The number of H-pyrrole nitrogens is 1. The molecule has 1 aromatic heterocycles. The number of nitrogens with zero attached hydrogens (tertiary/aromatic N) is 1. The van der Waals surface area contributed by atoms with E-state index in [2.05, 4.69) is 16.0 Å². The van der Waals surface area contributed by atoms with Gasteiger partial charge < -0.3 is 9.78 Å². The molecule has 1 N–H and O–H groups in total. The quantitative estimate of drug-likeness (QED) is 0.642. The Morgan fingerprint density at radius 2 is 1.84 bits per heavy atom. The van der Waals surface area contributed by atoms with Gasteiger partial charge in [-0.05, 0) is 43.5 Å². The van der Waals surface area contributed by atoms with E-state index < -0.39 is 14.6 Å². The van der Waals surface area contributed by atoms with Crippen molar-refractivity contribution in [2.75, 3.05) is 13.1 Å². The number of nitrogens with one attached hydrogen (secondary N) is 1. The van der Waals surface area contributed by atoms with Crippen molar-refractivity contribution < 1.29 is 18.0 Å². The van der Waals surface area contributed by atoms with Gasteiger partial charge in [-0.15, -0.1) is 0 Å². The highest BCUT2D eigenvalue weighted by atomic mass is 32.2. The summed E-state index contributed by atoms with van der Waals surface area (Å²) < 4.78 is 26.0. The third kappa shape index (κ3) is 3.14. The lowest BCUT2D eigenvalue weighted by Gasteiger charge is -2.47. The number of Topliss-reactive ketones (excluding diaryl/α,β-unsaturated/α-hetero) is 2. The molecule has 2 aromatic carbocycles. The summed E-state index contributed by atoms with van der Waals surface area (Å²) in [5, 5.41) is 1.17. The number of sulfone groups is 1. The number of ketones is 2. The molecule has 166 valence electrons. The van der Waals surface area contributed by atoms with Gasteiger partial charge in [0.05, 0.1) is 10.9 Å². The second-order valence-electron chi connectivity index (χ2n) is 8.94. The topological polar surface area (TPSA) is 87.3 Å². The lowest BCUT2D eigenvalue weighted by Crippen LogP contribution is -2.60. The summed E-state index contributed by atoms with van der Waals surface area (Å²) in [7, 11) is -3.97. The summed E-state index contributed by atoms with van der Waals surface area (Å²) in [4.78, 5) is 31.3. The monoisotopic (exact) mass is 450 g/mol. The first kappa shape index (κ1) is 21.1. The maximum Gasteiger partial charge on any atom is 0.192 e. The standard InChI is InChI=1S/C25H26N2O4S/c1-17(28)11-13-25(32(30,31)18-7-3-2-4-8-18)16-27-14-12-20-19-9-5-6-10-21(19)26-24(20)22(27)15-23(25)29/h2-10,22,26H,11-16H2,1H3/t22-,25-/m0/s1. The first-order valence-corrected chi connectivity index (χ1v) is 12.5. The number of aromatic nitrogens is 1. The normalized spacial score (nSPS) is 23.7. The molecule has 0 aliphatic carbocycles. The molecule has 2 aliphatic heterocycles. The smallest absolute Gasteiger partial charge is 0.192 e. The molecular formula is C25H26N2O4S. The summed E-state index contributed by atoms with van der Waals surface area (Å²) >= 11 is 0. The second kappa shape index (κ2) is 7.67. The number of aromatic amines is 1. The fraction of sp³-hybridized carbons (Fsp3) is 0.360. The van der Waals surface area contributed by atoms with E-state index in [9.17, 15) is 18.0 Å². The fourth-order valence-electron chi connectivity index (χ4n) is 5.36. The molecule has 5 rings (SSSR count). The highest BCUT2D eigenvalue weighted by molar-refractivity contribution is 7.93. The number of hydrogen-bond acceptors (Lipinski definition) is 5. The number of para-hydroxylation sites is 1. The molecule has 1 fully saturated rings. The van der Waals surface area contributed by atoms with Crippen LogP contribution in [-0.4, -0.2) is 47.7 Å². The highest BCUT2D eigenvalue weighted by Crippen LogP contribution is 2.45. The van der Waals surface area contributed by atoms with Crippen LogP contribution < -0.4 is 0 Å². The molecule has 0 saturated carbocycles. The number of hydrogen-bond donors (Lipinski definition) is 1. The Morgan fingerprint density at radius 3 is 2.59 bits per heavy atom. The molecule has 7 heteroatoms. The van der Waals surface area contributed by atoms with Crippen LogP contribution in [0.15, 0.2) is 59.5 Å². The Morgan fingerprint density at radius 1 is 1.12 bits per heavy atom. The molecule has 3 aromatic rings. The highest BCUT2D eigenvalue weighted by Gasteiger charge is 2.56. The van der Waals surface area contributed by atoms with Gasteiger partial charge in [-0.25, -0.2) is 8.42 Å². The van der Waals surface area contributed by atoms with Crippen molar-refractivity contribution in [3.63, 3.8) is 0 Å². The largest absolute Gasteiger partial charge is 0.357 e. The van der Waals surface area contributed by atoms with Crippen LogP contribution >= 0.6 is 0 Å². The van der Waals surface area contributed by atoms with Gasteiger partial charge >= 0.3 is 0 Å². The number of piperidine rings is 1. The van der Waals surface area contributed by atoms with Crippen LogP contribution in [0.1, 0.15) is 43.5 Å². The van der Waals surface area contributed by atoms with Crippen molar-refractivity contribution in [1.82, 2.24) is 9.88 Å². The molecule has 2 aliphatic rings. The predicted octanol–water partition coefficient (Wildman–Crippen LogP) is 3.62. The summed E-state index contributed by atoms with van der Waals surface area (Å²) in [6.07, 6.45) is 0.983. The molecular weight excluding hydrogens is 424 g/mol. The van der Waals surface area contributed by atoms with Crippen LogP contribution in [0.2, 0.25) is 0 Å². The Labute approximate surface area is 187 Å². The van der Waals surface area contributed by atoms with Gasteiger partial charge in [-0.2, -0.15) is 0 Å². The number of carbonyl (C=O) groups is 2. The van der Waals surface area contributed by atoms with Crippen LogP contribution in [-0.2, 0) is 25.8 Å². The van der Waals surface area contributed by atoms with E-state index >= 15 is 0 Å². The van der Waals surface area contributed by atoms with Crippen LogP contribution in [0.25, 0.3) is 10.9 Å². The molecule has 1 saturated heterocycles. The minimum Gasteiger partial charge on any atom is -0.357 e. The van der Waals surface area contributed by atoms with Gasteiger partial charge in [-0.1, -0.05) is 36.4 Å². The number of rotatable bonds is 5. The maximum atomic E-state index is 13.8. The zero-order valence-electron chi connectivity index (χ0n) is 18.0. The first-order valence-electron chi connectivity index (χ1n) is 11.0. The molecule has 6 nitrogen and oxygen atoms in total. The third-order valence-corrected chi connectivity index (χ3v) is 9.55. The maximum absolute atomic E-state index is 13.8. The molecule has 0 spiro atoms. The van der Waals surface area contributed by atoms with Crippen LogP contribution in [0.4, 0.5) is 0 Å². The minimum absolute atomic E-state index is 0.0151. The number of fused-ring (bicyclic) bond motifs is 5. The summed E-state index contributed by atoms with van der Waals surface area (Å²) in [5.74, 6) is -0.408. The summed E-state index contributed by atoms with van der Waals surface area (Å²) in [5.41, 5.74) is 3.28. The minimum atomic E-state index is -3.97. The lowest BCUT2D eigenvalue weighted by molar-refractivity contribution is -0.127. The van der Waals surface area contributed by atoms with E-state index in [4.69, 9.17) is 0 Å². The average molecular weight is 451 g/mol. The van der Waals surface area contributed by atoms with E-state index in [1.807, 2.05) is 18.2 Å². The van der Waals surface area contributed by atoms with Crippen molar-refractivity contribution in [3.8, 4) is 0 Å². The average Bonchev–Trinajstić information content (AvgIpc) is 3.17. The Kier molecular flexibility index (Phi) is 5.06.